The maximum Gasteiger partial charge on any atom is 0.320 e. The summed E-state index contributed by atoms with van der Waals surface area (Å²) in [4.78, 5) is 13.2. The number of nitrogens with zero attached hydrogens (tertiary/aromatic N) is 2. The van der Waals surface area contributed by atoms with Crippen LogP contribution in [0.3, 0.4) is 0 Å². The van der Waals surface area contributed by atoms with Crippen molar-refractivity contribution >= 4 is 16.0 Å². The first kappa shape index (κ1) is 17.7. The molecule has 1 aromatic carbocycles. The van der Waals surface area contributed by atoms with Crippen LogP contribution in [0.15, 0.2) is 29.2 Å². The number of carboxylic acid groups (broad SMARTS) is 1. The van der Waals surface area contributed by atoms with Gasteiger partial charge in [-0.15, -0.1) is 0 Å². The van der Waals surface area contributed by atoms with Gasteiger partial charge in [0, 0.05) is 20.6 Å². The van der Waals surface area contributed by atoms with E-state index in [-0.39, 0.29) is 4.90 Å². The first-order chi connectivity index (χ1) is 10.8. The second-order valence-corrected chi connectivity index (χ2v) is 7.79. The van der Waals surface area contributed by atoms with Gasteiger partial charge in [0.15, 0.2) is 0 Å². The third-order valence-electron chi connectivity index (χ3n) is 3.90. The molecule has 128 valence electrons. The Labute approximate surface area is 136 Å². The van der Waals surface area contributed by atoms with Gasteiger partial charge in [-0.05, 0) is 43.7 Å². The SMILES string of the molecule is CN(C)S(=O)(=O)c1ccc(OCCN2CCCC2C(=O)O)cc1. The fourth-order valence-corrected chi connectivity index (χ4v) is 3.47. The van der Waals surface area contributed by atoms with Crippen LogP contribution >= 0.6 is 0 Å². The molecular formula is C15H22N2O5S. The van der Waals surface area contributed by atoms with Gasteiger partial charge >= 0.3 is 5.97 Å². The highest BCUT2D eigenvalue weighted by molar-refractivity contribution is 7.89. The lowest BCUT2D eigenvalue weighted by Gasteiger charge is -2.20. The van der Waals surface area contributed by atoms with E-state index in [0.717, 1.165) is 17.3 Å². The lowest BCUT2D eigenvalue weighted by Crippen LogP contribution is -2.38. The number of rotatable bonds is 7. The zero-order valence-electron chi connectivity index (χ0n) is 13.3. The predicted octanol–water partition coefficient (Wildman–Crippen LogP) is 0.865. The zero-order chi connectivity index (χ0) is 17.0. The van der Waals surface area contributed by atoms with Gasteiger partial charge in [0.1, 0.15) is 18.4 Å². The number of carbonyl (C=O) groups is 1. The van der Waals surface area contributed by atoms with Gasteiger partial charge in [-0.2, -0.15) is 0 Å². The Balaban J connectivity index is 1.89. The molecule has 8 heteroatoms. The van der Waals surface area contributed by atoms with Crippen molar-refractivity contribution in [2.24, 2.45) is 0 Å². The van der Waals surface area contributed by atoms with Crippen molar-refractivity contribution in [2.75, 3.05) is 33.8 Å². The maximum atomic E-state index is 12.0. The summed E-state index contributed by atoms with van der Waals surface area (Å²) in [5.74, 6) is -0.227. The molecule has 0 bridgehead atoms. The van der Waals surface area contributed by atoms with E-state index in [4.69, 9.17) is 9.84 Å². The molecule has 0 spiro atoms. The number of sulfonamides is 1. The summed E-state index contributed by atoms with van der Waals surface area (Å²) in [6.45, 7) is 1.67. The number of aliphatic carboxylic acids is 1. The number of benzene rings is 1. The summed E-state index contributed by atoms with van der Waals surface area (Å²) in [7, 11) is -0.478. The number of hydrogen-bond donors (Lipinski definition) is 1. The average molecular weight is 342 g/mol. The average Bonchev–Trinajstić information content (AvgIpc) is 2.96. The molecule has 1 aliphatic rings. The van der Waals surface area contributed by atoms with E-state index in [2.05, 4.69) is 0 Å². The molecule has 1 N–H and O–H groups in total. The van der Waals surface area contributed by atoms with Crippen LogP contribution in [0.2, 0.25) is 0 Å². The topological polar surface area (TPSA) is 87.2 Å². The quantitative estimate of drug-likeness (QED) is 0.791. The third-order valence-corrected chi connectivity index (χ3v) is 5.73. The van der Waals surface area contributed by atoms with E-state index in [1.54, 1.807) is 12.1 Å². The molecule has 0 saturated carbocycles. The molecule has 2 rings (SSSR count). The van der Waals surface area contributed by atoms with E-state index in [1.165, 1.54) is 26.2 Å². The molecule has 1 unspecified atom stereocenters. The van der Waals surface area contributed by atoms with E-state index in [9.17, 15) is 13.2 Å². The molecule has 0 amide bonds. The summed E-state index contributed by atoms with van der Waals surface area (Å²) < 4.78 is 30.6. The third kappa shape index (κ3) is 4.21. The van der Waals surface area contributed by atoms with Crippen LogP contribution < -0.4 is 4.74 Å². The van der Waals surface area contributed by atoms with Crippen LogP contribution in [0.5, 0.6) is 5.75 Å². The largest absolute Gasteiger partial charge is 0.492 e. The lowest BCUT2D eigenvalue weighted by atomic mass is 10.2. The second kappa shape index (κ2) is 7.29. The van der Waals surface area contributed by atoms with E-state index in [1.807, 2.05) is 4.90 Å². The molecule has 1 aromatic rings. The van der Waals surface area contributed by atoms with Crippen LogP contribution in [0.4, 0.5) is 0 Å². The van der Waals surface area contributed by atoms with Crippen LogP contribution in [0, 0.1) is 0 Å². The maximum absolute atomic E-state index is 12.0. The molecule has 0 radical (unpaired) electrons. The molecule has 1 atom stereocenters. The highest BCUT2D eigenvalue weighted by Crippen LogP contribution is 2.19. The Kier molecular flexibility index (Phi) is 5.61. The predicted molar refractivity (Wildman–Crippen MR) is 85.0 cm³/mol. The molecular weight excluding hydrogens is 320 g/mol. The lowest BCUT2D eigenvalue weighted by molar-refractivity contribution is -0.142. The Morgan fingerprint density at radius 2 is 2.00 bits per heavy atom. The summed E-state index contributed by atoms with van der Waals surface area (Å²) in [6, 6.07) is 5.79. The van der Waals surface area contributed by atoms with Crippen LogP contribution in [0.25, 0.3) is 0 Å². The van der Waals surface area contributed by atoms with Gasteiger partial charge in [-0.3, -0.25) is 9.69 Å². The Hall–Kier alpha value is -1.64. The van der Waals surface area contributed by atoms with Gasteiger partial charge in [0.05, 0.1) is 4.90 Å². The monoisotopic (exact) mass is 342 g/mol. The van der Waals surface area contributed by atoms with Crippen molar-refractivity contribution < 1.29 is 23.1 Å². The minimum absolute atomic E-state index is 0.209. The highest BCUT2D eigenvalue weighted by Gasteiger charge is 2.29. The minimum Gasteiger partial charge on any atom is -0.492 e. The molecule has 0 aliphatic carbocycles. The fourth-order valence-electron chi connectivity index (χ4n) is 2.57. The Morgan fingerprint density at radius 3 is 2.57 bits per heavy atom. The smallest absolute Gasteiger partial charge is 0.320 e. The van der Waals surface area contributed by atoms with Gasteiger partial charge in [0.2, 0.25) is 10.0 Å². The van der Waals surface area contributed by atoms with Crippen molar-refractivity contribution in [3.8, 4) is 5.75 Å². The fraction of sp³-hybridized carbons (Fsp3) is 0.533. The van der Waals surface area contributed by atoms with Crippen molar-refractivity contribution in [3.63, 3.8) is 0 Å². The summed E-state index contributed by atoms with van der Waals surface area (Å²) in [5, 5.41) is 9.11. The number of likely N-dealkylation sites (tertiary alicyclic amines) is 1. The van der Waals surface area contributed by atoms with Crippen molar-refractivity contribution in [1.29, 1.82) is 0 Å². The van der Waals surface area contributed by atoms with Gasteiger partial charge < -0.3 is 9.84 Å². The molecule has 1 heterocycles. The van der Waals surface area contributed by atoms with Gasteiger partial charge in [0.25, 0.3) is 0 Å². The Morgan fingerprint density at radius 1 is 1.35 bits per heavy atom. The zero-order valence-corrected chi connectivity index (χ0v) is 14.1. The second-order valence-electron chi connectivity index (χ2n) is 5.64. The summed E-state index contributed by atoms with van der Waals surface area (Å²) in [6.07, 6.45) is 1.56. The summed E-state index contributed by atoms with van der Waals surface area (Å²) >= 11 is 0. The van der Waals surface area contributed by atoms with Crippen LogP contribution in [-0.4, -0.2) is 68.5 Å². The highest BCUT2D eigenvalue weighted by atomic mass is 32.2. The minimum atomic E-state index is -3.44. The van der Waals surface area contributed by atoms with Crippen LogP contribution in [-0.2, 0) is 14.8 Å². The summed E-state index contributed by atoms with van der Waals surface area (Å²) in [5.41, 5.74) is 0. The van der Waals surface area contributed by atoms with E-state index >= 15 is 0 Å². The van der Waals surface area contributed by atoms with Crippen molar-refractivity contribution in [3.05, 3.63) is 24.3 Å². The number of carboxylic acids is 1. The first-order valence-electron chi connectivity index (χ1n) is 7.44. The van der Waals surface area contributed by atoms with E-state index in [0.29, 0.717) is 25.3 Å². The molecule has 1 fully saturated rings. The molecule has 0 aromatic heterocycles. The first-order valence-corrected chi connectivity index (χ1v) is 8.88. The Bertz CT molecular complexity index is 642. The van der Waals surface area contributed by atoms with Crippen molar-refractivity contribution in [2.45, 2.75) is 23.8 Å². The van der Waals surface area contributed by atoms with Crippen molar-refractivity contribution in [1.82, 2.24) is 9.21 Å². The molecule has 1 aliphatic heterocycles. The number of ether oxygens (including phenoxy) is 1. The van der Waals surface area contributed by atoms with Crippen LogP contribution in [0.1, 0.15) is 12.8 Å². The standard InChI is InChI=1S/C15H22N2O5S/c1-16(2)23(20,21)13-7-5-12(6-8-13)22-11-10-17-9-3-4-14(17)15(18)19/h5-8,14H,3-4,9-11H2,1-2H3,(H,18,19). The van der Waals surface area contributed by atoms with Gasteiger partial charge in [-0.1, -0.05) is 0 Å². The normalized spacial score (nSPS) is 19.2. The molecule has 23 heavy (non-hydrogen) atoms. The molecule has 1 saturated heterocycles. The molecule has 7 nitrogen and oxygen atoms in total. The van der Waals surface area contributed by atoms with Gasteiger partial charge in [-0.25, -0.2) is 12.7 Å². The number of hydrogen-bond acceptors (Lipinski definition) is 5. The van der Waals surface area contributed by atoms with E-state index < -0.39 is 22.0 Å².